The molecule has 0 radical (unpaired) electrons. The molecule has 0 bridgehead atoms. The molecule has 0 saturated heterocycles. The summed E-state index contributed by atoms with van der Waals surface area (Å²) in [4.78, 5) is 0. The molecular formula is C36H32N4. The van der Waals surface area contributed by atoms with Crippen LogP contribution in [0.3, 0.4) is 0 Å². The van der Waals surface area contributed by atoms with Crippen LogP contribution in [0.2, 0.25) is 0 Å². The van der Waals surface area contributed by atoms with Crippen molar-refractivity contribution in [1.82, 2.24) is 10.3 Å². The topological polar surface area (TPSA) is 39.7 Å². The number of hydrogen-bond donors (Lipinski definition) is 2. The van der Waals surface area contributed by atoms with Crippen LogP contribution in [0, 0.1) is 0 Å². The lowest BCUT2D eigenvalue weighted by Crippen LogP contribution is -2.28. The molecule has 5 aromatic carbocycles. The second kappa shape index (κ2) is 9.42. The van der Waals surface area contributed by atoms with Gasteiger partial charge >= 0.3 is 0 Å². The third-order valence-electron chi connectivity index (χ3n) is 8.24. The average Bonchev–Trinajstić information content (AvgIpc) is 3.49. The van der Waals surface area contributed by atoms with E-state index in [-0.39, 0.29) is 11.6 Å². The maximum absolute atomic E-state index is 4.83. The summed E-state index contributed by atoms with van der Waals surface area (Å²) in [5, 5.41) is 14.2. The van der Waals surface area contributed by atoms with Crippen LogP contribution in [0.5, 0.6) is 0 Å². The van der Waals surface area contributed by atoms with E-state index in [9.17, 15) is 0 Å². The summed E-state index contributed by atoms with van der Waals surface area (Å²) in [7, 11) is 2.01. The van der Waals surface area contributed by atoms with E-state index in [1.54, 1.807) is 0 Å². The van der Waals surface area contributed by atoms with Crippen molar-refractivity contribution in [3.8, 4) is 22.3 Å². The van der Waals surface area contributed by atoms with Gasteiger partial charge in [-0.3, -0.25) is 5.01 Å². The molecule has 40 heavy (non-hydrogen) atoms. The lowest BCUT2D eigenvalue weighted by molar-refractivity contribution is 0.271. The van der Waals surface area contributed by atoms with Crippen LogP contribution in [-0.2, 0) is 5.41 Å². The average molecular weight is 521 g/mol. The Kier molecular flexibility index (Phi) is 5.71. The van der Waals surface area contributed by atoms with Crippen LogP contribution in [0.25, 0.3) is 22.3 Å². The van der Waals surface area contributed by atoms with Gasteiger partial charge in [-0.2, -0.15) is 5.10 Å². The molecule has 2 N–H and O–H groups in total. The molecule has 0 amide bonds. The zero-order valence-electron chi connectivity index (χ0n) is 23.0. The minimum Gasteiger partial charge on any atom is -0.355 e. The first-order valence-corrected chi connectivity index (χ1v) is 13.8. The summed E-state index contributed by atoms with van der Waals surface area (Å²) in [6.07, 6.45) is 0.0121. The Morgan fingerprint density at radius 2 is 1.38 bits per heavy atom. The standard InChI is InChI=1S/C36H32N4/c1-36(2)31-20-11-10-19-28(31)30-22-29(24-13-6-4-7-14-24)33(23-32(30)36)37-27-18-12-17-26(21-27)34-38-35(40(3)39-34)25-15-8-5-9-16-25/h4-23,35,37H,1-3H3,(H,38,39). The number of hydrazone groups is 1. The van der Waals surface area contributed by atoms with Gasteiger partial charge in [-0.1, -0.05) is 111 Å². The van der Waals surface area contributed by atoms with Crippen molar-refractivity contribution in [2.45, 2.75) is 25.4 Å². The predicted octanol–water partition coefficient (Wildman–Crippen LogP) is 8.30. The zero-order valence-corrected chi connectivity index (χ0v) is 23.0. The molecule has 1 unspecified atom stereocenters. The highest BCUT2D eigenvalue weighted by Crippen LogP contribution is 2.51. The molecule has 0 fully saturated rings. The summed E-state index contributed by atoms with van der Waals surface area (Å²) < 4.78 is 0. The lowest BCUT2D eigenvalue weighted by Gasteiger charge is -2.23. The Morgan fingerprint density at radius 3 is 2.17 bits per heavy atom. The molecule has 4 heteroatoms. The Hall–Kier alpha value is -4.83. The first-order valence-electron chi connectivity index (χ1n) is 13.8. The Morgan fingerprint density at radius 1 is 0.675 bits per heavy atom. The van der Waals surface area contributed by atoms with Crippen LogP contribution in [0.1, 0.15) is 42.3 Å². The van der Waals surface area contributed by atoms with E-state index < -0.39 is 0 Å². The highest BCUT2D eigenvalue weighted by molar-refractivity contribution is 6.01. The number of nitrogens with one attached hydrogen (secondary N) is 2. The fraction of sp³-hybridized carbons (Fsp3) is 0.139. The van der Waals surface area contributed by atoms with Gasteiger partial charge in [-0.15, -0.1) is 0 Å². The van der Waals surface area contributed by atoms with Crippen LogP contribution < -0.4 is 10.6 Å². The highest BCUT2D eigenvalue weighted by atomic mass is 15.6. The highest BCUT2D eigenvalue weighted by Gasteiger charge is 2.36. The quantitative estimate of drug-likeness (QED) is 0.245. The van der Waals surface area contributed by atoms with Crippen molar-refractivity contribution in [1.29, 1.82) is 0 Å². The van der Waals surface area contributed by atoms with E-state index in [4.69, 9.17) is 5.10 Å². The third kappa shape index (κ3) is 4.04. The molecule has 196 valence electrons. The van der Waals surface area contributed by atoms with Crippen molar-refractivity contribution in [3.05, 3.63) is 144 Å². The maximum Gasteiger partial charge on any atom is 0.155 e. The summed E-state index contributed by atoms with van der Waals surface area (Å²) in [5.74, 6) is 0.869. The van der Waals surface area contributed by atoms with Gasteiger partial charge in [0.25, 0.3) is 0 Å². The van der Waals surface area contributed by atoms with E-state index in [2.05, 4.69) is 140 Å². The van der Waals surface area contributed by atoms with Crippen molar-refractivity contribution in [2.24, 2.45) is 5.10 Å². The molecule has 2 aliphatic rings. The molecule has 1 aliphatic carbocycles. The largest absolute Gasteiger partial charge is 0.355 e. The van der Waals surface area contributed by atoms with Gasteiger partial charge in [-0.05, 0) is 57.6 Å². The first-order chi connectivity index (χ1) is 19.5. The van der Waals surface area contributed by atoms with Crippen LogP contribution >= 0.6 is 0 Å². The first kappa shape index (κ1) is 24.2. The van der Waals surface area contributed by atoms with E-state index in [1.807, 2.05) is 18.1 Å². The lowest BCUT2D eigenvalue weighted by atomic mass is 9.82. The van der Waals surface area contributed by atoms with Gasteiger partial charge in [0, 0.05) is 35.0 Å². The van der Waals surface area contributed by atoms with Gasteiger partial charge in [-0.25, -0.2) is 0 Å². The fourth-order valence-electron chi connectivity index (χ4n) is 6.15. The third-order valence-corrected chi connectivity index (χ3v) is 8.24. The second-order valence-corrected chi connectivity index (χ2v) is 11.2. The van der Waals surface area contributed by atoms with Gasteiger partial charge < -0.3 is 10.6 Å². The number of fused-ring (bicyclic) bond motifs is 3. The predicted molar refractivity (Wildman–Crippen MR) is 166 cm³/mol. The summed E-state index contributed by atoms with van der Waals surface area (Å²) in [6, 6.07) is 43.1. The molecule has 0 spiro atoms. The van der Waals surface area contributed by atoms with E-state index in [1.165, 1.54) is 38.9 Å². The number of rotatable bonds is 5. The van der Waals surface area contributed by atoms with E-state index in [0.717, 1.165) is 22.8 Å². The number of benzene rings is 5. The van der Waals surface area contributed by atoms with Gasteiger partial charge in [0.15, 0.2) is 5.84 Å². The molecule has 0 saturated carbocycles. The Bertz CT molecular complexity index is 1740. The van der Waals surface area contributed by atoms with Crippen molar-refractivity contribution in [2.75, 3.05) is 12.4 Å². The van der Waals surface area contributed by atoms with Gasteiger partial charge in [0.05, 0.1) is 0 Å². The molecule has 1 atom stereocenters. The van der Waals surface area contributed by atoms with E-state index in [0.29, 0.717) is 0 Å². The number of hydrogen-bond acceptors (Lipinski definition) is 4. The molecule has 7 rings (SSSR count). The molecule has 1 heterocycles. The van der Waals surface area contributed by atoms with Gasteiger partial charge in [0.1, 0.15) is 6.17 Å². The number of anilines is 2. The second-order valence-electron chi connectivity index (χ2n) is 11.2. The summed E-state index contributed by atoms with van der Waals surface area (Å²) in [6.45, 7) is 4.65. The summed E-state index contributed by atoms with van der Waals surface area (Å²) >= 11 is 0. The molecular weight excluding hydrogens is 488 g/mol. The monoisotopic (exact) mass is 520 g/mol. The minimum absolute atomic E-state index is 0.0121. The van der Waals surface area contributed by atoms with Crippen molar-refractivity contribution in [3.63, 3.8) is 0 Å². The zero-order chi connectivity index (χ0) is 27.3. The molecule has 0 aromatic heterocycles. The minimum atomic E-state index is -0.0705. The molecule has 4 nitrogen and oxygen atoms in total. The molecule has 5 aromatic rings. The van der Waals surface area contributed by atoms with Crippen molar-refractivity contribution >= 4 is 17.2 Å². The van der Waals surface area contributed by atoms with Crippen LogP contribution in [0.4, 0.5) is 11.4 Å². The fourth-order valence-corrected chi connectivity index (χ4v) is 6.15. The van der Waals surface area contributed by atoms with E-state index >= 15 is 0 Å². The summed E-state index contributed by atoms with van der Waals surface area (Å²) in [5.41, 5.74) is 12.1. The normalized spacial score (nSPS) is 16.6. The smallest absolute Gasteiger partial charge is 0.155 e. The maximum atomic E-state index is 4.83. The van der Waals surface area contributed by atoms with Crippen LogP contribution in [0.15, 0.2) is 126 Å². The van der Waals surface area contributed by atoms with Gasteiger partial charge in [0.2, 0.25) is 0 Å². The number of amidine groups is 1. The van der Waals surface area contributed by atoms with Crippen molar-refractivity contribution < 1.29 is 0 Å². The van der Waals surface area contributed by atoms with Crippen LogP contribution in [-0.4, -0.2) is 17.9 Å². The number of nitrogens with zero attached hydrogens (tertiary/aromatic N) is 2. The Balaban J connectivity index is 1.26. The molecule has 1 aliphatic heterocycles. The Labute approximate surface area is 236 Å². The SMILES string of the molecule is CN1N=C(c2cccc(Nc3cc4c(cc3-c3ccccc3)-c3ccccc3C4(C)C)c2)NC1c1ccccc1.